The van der Waals surface area contributed by atoms with Crippen molar-refractivity contribution in [3.05, 3.63) is 11.8 Å². The van der Waals surface area contributed by atoms with Gasteiger partial charge in [-0.25, -0.2) is 0 Å². The van der Waals surface area contributed by atoms with E-state index < -0.39 is 0 Å². The molecular formula is C8H11NO. The normalized spacial score (nSPS) is 36.6. The number of hydrogen-bond donors (Lipinski definition) is 1. The zero-order chi connectivity index (χ0) is 6.97. The van der Waals surface area contributed by atoms with Crippen LogP contribution in [-0.4, -0.2) is 12.8 Å². The summed E-state index contributed by atoms with van der Waals surface area (Å²) < 4.78 is 0. The van der Waals surface area contributed by atoms with E-state index in [2.05, 4.69) is 11.4 Å². The van der Waals surface area contributed by atoms with Gasteiger partial charge >= 0.3 is 0 Å². The number of nitrogens with one attached hydrogen (secondary N) is 1. The Kier molecular flexibility index (Phi) is 1.26. The predicted octanol–water partition coefficient (Wildman–Crippen LogP) is 0.699. The van der Waals surface area contributed by atoms with Crippen LogP contribution in [0.5, 0.6) is 0 Å². The molecule has 2 aliphatic rings. The highest BCUT2D eigenvalue weighted by molar-refractivity contribution is 5.57. The van der Waals surface area contributed by atoms with Gasteiger partial charge in [-0.1, -0.05) is 6.08 Å². The molecule has 54 valence electrons. The molecule has 2 unspecified atom stereocenters. The fourth-order valence-corrected chi connectivity index (χ4v) is 1.89. The highest BCUT2D eigenvalue weighted by Gasteiger charge is 2.32. The zero-order valence-corrected chi connectivity index (χ0v) is 5.84. The minimum atomic E-state index is 0.258. The van der Waals surface area contributed by atoms with Crippen LogP contribution in [0.1, 0.15) is 12.8 Å². The van der Waals surface area contributed by atoms with Crippen molar-refractivity contribution in [2.24, 2.45) is 11.8 Å². The van der Waals surface area contributed by atoms with Crippen LogP contribution < -0.4 is 5.32 Å². The van der Waals surface area contributed by atoms with Crippen LogP contribution in [0.25, 0.3) is 0 Å². The summed E-state index contributed by atoms with van der Waals surface area (Å²) in [4.78, 5) is 10.5. The van der Waals surface area contributed by atoms with Gasteiger partial charge in [0.2, 0.25) is 0 Å². The Balaban J connectivity index is 2.18. The zero-order valence-electron chi connectivity index (χ0n) is 5.84. The molecule has 0 aromatic heterocycles. The number of carbonyl (C=O) groups is 1. The van der Waals surface area contributed by atoms with Crippen molar-refractivity contribution in [3.63, 3.8) is 0 Å². The Morgan fingerprint density at radius 3 is 3.40 bits per heavy atom. The molecule has 10 heavy (non-hydrogen) atoms. The van der Waals surface area contributed by atoms with Crippen LogP contribution in [0.15, 0.2) is 11.8 Å². The Morgan fingerprint density at radius 2 is 2.60 bits per heavy atom. The second-order valence-electron chi connectivity index (χ2n) is 3.02. The molecule has 0 aromatic carbocycles. The van der Waals surface area contributed by atoms with Crippen molar-refractivity contribution in [3.8, 4) is 0 Å². The molecule has 0 amide bonds. The predicted molar refractivity (Wildman–Crippen MR) is 38.4 cm³/mol. The lowest BCUT2D eigenvalue weighted by Gasteiger charge is -2.06. The third-order valence-electron chi connectivity index (χ3n) is 2.47. The maximum Gasteiger partial charge on any atom is 0.125 e. The Labute approximate surface area is 60.3 Å². The molecule has 1 heterocycles. The Morgan fingerprint density at radius 1 is 1.70 bits per heavy atom. The molecule has 0 radical (unpaired) electrons. The van der Waals surface area contributed by atoms with Gasteiger partial charge in [0.15, 0.2) is 0 Å². The molecule has 1 saturated heterocycles. The molecule has 0 spiro atoms. The van der Waals surface area contributed by atoms with Gasteiger partial charge in [-0.15, -0.1) is 0 Å². The monoisotopic (exact) mass is 137 g/mol. The molecule has 2 rings (SSSR count). The van der Waals surface area contributed by atoms with E-state index in [0.717, 1.165) is 19.3 Å². The Bertz CT molecular complexity index is 186. The van der Waals surface area contributed by atoms with Gasteiger partial charge in [0.1, 0.15) is 6.29 Å². The van der Waals surface area contributed by atoms with Crippen molar-refractivity contribution in [2.45, 2.75) is 12.8 Å². The van der Waals surface area contributed by atoms with Crippen LogP contribution in [0, 0.1) is 11.8 Å². The number of rotatable bonds is 1. The number of carbonyl (C=O) groups excluding carboxylic acids is 1. The average Bonchev–Trinajstić information content (AvgIpc) is 2.44. The maximum atomic E-state index is 10.5. The SMILES string of the molecule is O=CC1CNC2=CCCC21. The smallest absolute Gasteiger partial charge is 0.125 e. The van der Waals surface area contributed by atoms with E-state index in [1.165, 1.54) is 12.1 Å². The van der Waals surface area contributed by atoms with Crippen LogP contribution in [-0.2, 0) is 4.79 Å². The van der Waals surface area contributed by atoms with Gasteiger partial charge in [-0.05, 0) is 12.8 Å². The third kappa shape index (κ3) is 0.681. The van der Waals surface area contributed by atoms with E-state index in [0.29, 0.717) is 5.92 Å². The second kappa shape index (κ2) is 2.11. The standard InChI is InChI=1S/C8H11NO/c10-5-6-4-9-8-3-1-2-7(6)8/h3,5-7,9H,1-2,4H2. The number of fused-ring (bicyclic) bond motifs is 1. The topological polar surface area (TPSA) is 29.1 Å². The molecule has 2 nitrogen and oxygen atoms in total. The first-order valence-electron chi connectivity index (χ1n) is 3.81. The number of aldehydes is 1. The van der Waals surface area contributed by atoms with E-state index in [1.54, 1.807) is 0 Å². The first kappa shape index (κ1) is 5.96. The molecular weight excluding hydrogens is 126 g/mol. The summed E-state index contributed by atoms with van der Waals surface area (Å²) in [6.07, 6.45) is 5.63. The summed E-state index contributed by atoms with van der Waals surface area (Å²) in [6.45, 7) is 0.861. The first-order valence-corrected chi connectivity index (χ1v) is 3.81. The maximum absolute atomic E-state index is 10.5. The number of allylic oxidation sites excluding steroid dienone is 2. The molecule has 0 bridgehead atoms. The van der Waals surface area contributed by atoms with Crippen molar-refractivity contribution in [1.82, 2.24) is 5.32 Å². The third-order valence-corrected chi connectivity index (χ3v) is 2.47. The molecule has 2 heteroatoms. The van der Waals surface area contributed by atoms with E-state index >= 15 is 0 Å². The van der Waals surface area contributed by atoms with Gasteiger partial charge < -0.3 is 10.1 Å². The molecule has 0 aromatic rings. The van der Waals surface area contributed by atoms with Gasteiger partial charge in [-0.3, -0.25) is 0 Å². The minimum absolute atomic E-state index is 0.258. The summed E-state index contributed by atoms with van der Waals surface area (Å²) in [5.74, 6) is 0.797. The fraction of sp³-hybridized carbons (Fsp3) is 0.625. The lowest BCUT2D eigenvalue weighted by Crippen LogP contribution is -2.12. The van der Waals surface area contributed by atoms with E-state index in [-0.39, 0.29) is 5.92 Å². The van der Waals surface area contributed by atoms with E-state index in [4.69, 9.17) is 0 Å². The fourth-order valence-electron chi connectivity index (χ4n) is 1.89. The van der Waals surface area contributed by atoms with Crippen LogP contribution in [0.2, 0.25) is 0 Å². The summed E-state index contributed by atoms with van der Waals surface area (Å²) in [5, 5.41) is 3.25. The molecule has 1 fully saturated rings. The van der Waals surface area contributed by atoms with Crippen molar-refractivity contribution in [1.29, 1.82) is 0 Å². The van der Waals surface area contributed by atoms with E-state index in [1.807, 2.05) is 0 Å². The summed E-state index contributed by atoms with van der Waals surface area (Å²) in [6, 6.07) is 0. The van der Waals surface area contributed by atoms with Crippen LogP contribution in [0.3, 0.4) is 0 Å². The highest BCUT2D eigenvalue weighted by atomic mass is 16.1. The van der Waals surface area contributed by atoms with Crippen molar-refractivity contribution >= 4 is 6.29 Å². The molecule has 2 atom stereocenters. The van der Waals surface area contributed by atoms with Crippen molar-refractivity contribution in [2.75, 3.05) is 6.54 Å². The lowest BCUT2D eigenvalue weighted by atomic mass is 9.95. The highest BCUT2D eigenvalue weighted by Crippen LogP contribution is 2.33. The minimum Gasteiger partial charge on any atom is -0.388 e. The molecule has 1 N–H and O–H groups in total. The quantitative estimate of drug-likeness (QED) is 0.539. The summed E-state index contributed by atoms with van der Waals surface area (Å²) in [5.41, 5.74) is 1.32. The van der Waals surface area contributed by atoms with Gasteiger partial charge in [0.05, 0.1) is 0 Å². The largest absolute Gasteiger partial charge is 0.388 e. The number of hydrogen-bond acceptors (Lipinski definition) is 2. The average molecular weight is 137 g/mol. The van der Waals surface area contributed by atoms with Crippen molar-refractivity contribution < 1.29 is 4.79 Å². The van der Waals surface area contributed by atoms with Gasteiger partial charge in [-0.2, -0.15) is 0 Å². The van der Waals surface area contributed by atoms with E-state index in [9.17, 15) is 4.79 Å². The first-order chi connectivity index (χ1) is 4.92. The van der Waals surface area contributed by atoms with Crippen LogP contribution >= 0.6 is 0 Å². The Hall–Kier alpha value is -0.790. The second-order valence-corrected chi connectivity index (χ2v) is 3.02. The summed E-state index contributed by atoms with van der Waals surface area (Å²) in [7, 11) is 0. The summed E-state index contributed by atoms with van der Waals surface area (Å²) >= 11 is 0. The lowest BCUT2D eigenvalue weighted by molar-refractivity contribution is -0.111. The molecule has 1 aliphatic carbocycles. The van der Waals surface area contributed by atoms with Gasteiger partial charge in [0, 0.05) is 24.1 Å². The molecule has 0 saturated carbocycles. The van der Waals surface area contributed by atoms with Gasteiger partial charge in [0.25, 0.3) is 0 Å². The molecule has 1 aliphatic heterocycles. The van der Waals surface area contributed by atoms with Crippen LogP contribution in [0.4, 0.5) is 0 Å².